The molecule has 0 heterocycles. The first kappa shape index (κ1) is 12.6. The molecule has 1 aromatic carbocycles. The molecule has 0 aliphatic carbocycles. The van der Waals surface area contributed by atoms with Crippen LogP contribution in [0.5, 0.6) is 0 Å². The number of rotatable bonds is 5. The molecule has 0 bridgehead atoms. The Morgan fingerprint density at radius 1 is 1.50 bits per heavy atom. The molecule has 0 aliphatic rings. The highest BCUT2D eigenvalue weighted by Gasteiger charge is 2.16. The molecule has 0 spiro atoms. The molecule has 0 saturated heterocycles. The molecule has 0 aromatic heterocycles. The Kier molecular flexibility index (Phi) is 4.43. The molecular formula is C11H12ClNO3. The van der Waals surface area contributed by atoms with Crippen molar-refractivity contribution in [1.82, 2.24) is 0 Å². The molecule has 0 radical (unpaired) electrons. The summed E-state index contributed by atoms with van der Waals surface area (Å²) in [7, 11) is 0. The van der Waals surface area contributed by atoms with Crippen molar-refractivity contribution in [3.05, 3.63) is 38.9 Å². The van der Waals surface area contributed by atoms with Crippen molar-refractivity contribution >= 4 is 23.1 Å². The molecule has 5 heteroatoms. The van der Waals surface area contributed by atoms with Crippen LogP contribution in [0.3, 0.4) is 0 Å². The summed E-state index contributed by atoms with van der Waals surface area (Å²) in [6.45, 7) is 1.77. The van der Waals surface area contributed by atoms with E-state index in [1.807, 2.05) is 0 Å². The quantitative estimate of drug-likeness (QED) is 0.588. The zero-order valence-electron chi connectivity index (χ0n) is 8.90. The Bertz CT molecular complexity index is 418. The van der Waals surface area contributed by atoms with Crippen molar-refractivity contribution in [2.45, 2.75) is 26.2 Å². The van der Waals surface area contributed by atoms with E-state index in [9.17, 15) is 14.9 Å². The van der Waals surface area contributed by atoms with Crippen LogP contribution >= 0.6 is 11.6 Å². The second-order valence-corrected chi connectivity index (χ2v) is 3.79. The summed E-state index contributed by atoms with van der Waals surface area (Å²) in [6.07, 6.45) is 1.06. The van der Waals surface area contributed by atoms with Gasteiger partial charge in [-0.2, -0.15) is 0 Å². The number of Topliss-reactive ketones (excluding diaryl/α,β-unsaturated/α-hetero) is 1. The van der Waals surface area contributed by atoms with Gasteiger partial charge in [0.2, 0.25) is 0 Å². The maximum absolute atomic E-state index is 11.2. The van der Waals surface area contributed by atoms with E-state index >= 15 is 0 Å². The monoisotopic (exact) mass is 241 g/mol. The van der Waals surface area contributed by atoms with Crippen LogP contribution < -0.4 is 0 Å². The summed E-state index contributed by atoms with van der Waals surface area (Å²) in [6, 6.07) is 4.53. The van der Waals surface area contributed by atoms with Gasteiger partial charge in [0.05, 0.1) is 9.95 Å². The second kappa shape index (κ2) is 5.61. The van der Waals surface area contributed by atoms with Gasteiger partial charge in [-0.25, -0.2) is 0 Å². The van der Waals surface area contributed by atoms with Crippen LogP contribution in [0.1, 0.15) is 25.3 Å². The van der Waals surface area contributed by atoms with Gasteiger partial charge in [-0.1, -0.05) is 24.6 Å². The van der Waals surface area contributed by atoms with E-state index in [0.717, 1.165) is 0 Å². The lowest BCUT2D eigenvalue weighted by atomic mass is 10.0. The molecule has 4 nitrogen and oxygen atoms in total. The topological polar surface area (TPSA) is 60.2 Å². The van der Waals surface area contributed by atoms with E-state index in [1.54, 1.807) is 13.0 Å². The average molecular weight is 242 g/mol. The molecule has 0 aliphatic heterocycles. The maximum Gasteiger partial charge on any atom is 0.274 e. The number of carbonyl (C=O) groups is 1. The molecule has 0 fully saturated rings. The first-order valence-electron chi connectivity index (χ1n) is 4.99. The van der Waals surface area contributed by atoms with Gasteiger partial charge >= 0.3 is 0 Å². The summed E-state index contributed by atoms with van der Waals surface area (Å²) in [5.41, 5.74) is 0.423. The van der Waals surface area contributed by atoms with Gasteiger partial charge in [0.25, 0.3) is 5.69 Å². The highest BCUT2D eigenvalue weighted by atomic mass is 35.5. The molecule has 0 atom stereocenters. The Hall–Kier alpha value is -1.42. The maximum atomic E-state index is 11.2. The number of hydrogen-bond donors (Lipinski definition) is 0. The molecule has 16 heavy (non-hydrogen) atoms. The number of nitro benzene ring substituents is 1. The first-order valence-corrected chi connectivity index (χ1v) is 5.37. The molecule has 1 aromatic rings. The third-order valence-corrected chi connectivity index (χ3v) is 2.69. The summed E-state index contributed by atoms with van der Waals surface area (Å²) >= 11 is 5.88. The lowest BCUT2D eigenvalue weighted by Crippen LogP contribution is -2.01. The number of nitrogens with zero attached hydrogens (tertiary/aromatic N) is 1. The predicted molar refractivity (Wildman–Crippen MR) is 61.7 cm³/mol. The zero-order chi connectivity index (χ0) is 12.1. The lowest BCUT2D eigenvalue weighted by molar-refractivity contribution is -0.385. The molecule has 1 rings (SSSR count). The van der Waals surface area contributed by atoms with E-state index in [4.69, 9.17) is 11.6 Å². The van der Waals surface area contributed by atoms with Crippen molar-refractivity contribution in [3.8, 4) is 0 Å². The molecule has 0 N–H and O–H groups in total. The van der Waals surface area contributed by atoms with Gasteiger partial charge < -0.3 is 0 Å². The first-order chi connectivity index (χ1) is 7.56. The van der Waals surface area contributed by atoms with Crippen LogP contribution in [0.25, 0.3) is 0 Å². The van der Waals surface area contributed by atoms with E-state index < -0.39 is 4.92 Å². The fraction of sp³-hybridized carbons (Fsp3) is 0.364. The summed E-state index contributed by atoms with van der Waals surface area (Å²) in [5.74, 6) is 0.0780. The number of ketones is 1. The van der Waals surface area contributed by atoms with Gasteiger partial charge in [-0.05, 0) is 12.5 Å². The minimum Gasteiger partial charge on any atom is -0.300 e. The molecule has 0 amide bonds. The summed E-state index contributed by atoms with van der Waals surface area (Å²) in [5, 5.41) is 11.1. The molecule has 86 valence electrons. The predicted octanol–water partition coefficient (Wildman–Crippen LogP) is 3.16. The molecule has 0 saturated carbocycles. The smallest absolute Gasteiger partial charge is 0.274 e. The SMILES string of the molecule is CCC(=O)CCc1c(Cl)cccc1[N+](=O)[O-]. The molecule has 0 unspecified atom stereocenters. The van der Waals surface area contributed by atoms with E-state index in [-0.39, 0.29) is 11.5 Å². The Morgan fingerprint density at radius 3 is 2.75 bits per heavy atom. The van der Waals surface area contributed by atoms with E-state index in [0.29, 0.717) is 29.8 Å². The third-order valence-electron chi connectivity index (χ3n) is 2.34. The number of nitro groups is 1. The van der Waals surface area contributed by atoms with Crippen molar-refractivity contribution in [1.29, 1.82) is 0 Å². The highest BCUT2D eigenvalue weighted by molar-refractivity contribution is 6.31. The third kappa shape index (κ3) is 3.03. The van der Waals surface area contributed by atoms with Crippen LogP contribution in [0.2, 0.25) is 5.02 Å². The second-order valence-electron chi connectivity index (χ2n) is 3.39. The zero-order valence-corrected chi connectivity index (χ0v) is 9.66. The average Bonchev–Trinajstić information content (AvgIpc) is 2.26. The van der Waals surface area contributed by atoms with Crippen molar-refractivity contribution in [2.75, 3.05) is 0 Å². The minimum absolute atomic E-state index is 0.0172. The van der Waals surface area contributed by atoms with Crippen molar-refractivity contribution < 1.29 is 9.72 Å². The van der Waals surface area contributed by atoms with Crippen molar-refractivity contribution in [3.63, 3.8) is 0 Å². The number of carbonyl (C=O) groups excluding carboxylic acids is 1. The minimum atomic E-state index is -0.475. The largest absolute Gasteiger partial charge is 0.300 e. The Balaban J connectivity index is 2.93. The fourth-order valence-corrected chi connectivity index (χ4v) is 1.67. The van der Waals surface area contributed by atoms with Crippen molar-refractivity contribution in [2.24, 2.45) is 0 Å². The Morgan fingerprint density at radius 2 is 2.19 bits per heavy atom. The highest BCUT2D eigenvalue weighted by Crippen LogP contribution is 2.27. The normalized spacial score (nSPS) is 10.1. The lowest BCUT2D eigenvalue weighted by Gasteiger charge is -2.04. The number of hydrogen-bond acceptors (Lipinski definition) is 3. The van der Waals surface area contributed by atoms with E-state index in [1.165, 1.54) is 12.1 Å². The number of benzene rings is 1. The van der Waals surface area contributed by atoms with Gasteiger partial charge in [0, 0.05) is 24.5 Å². The van der Waals surface area contributed by atoms with Gasteiger partial charge in [-0.3, -0.25) is 14.9 Å². The van der Waals surface area contributed by atoms with Crippen LogP contribution in [0, 0.1) is 10.1 Å². The van der Waals surface area contributed by atoms with Crippen LogP contribution in [0.4, 0.5) is 5.69 Å². The standard InChI is InChI=1S/C11H12ClNO3/c1-2-8(14)6-7-9-10(12)4-3-5-11(9)13(15)16/h3-5H,2,6-7H2,1H3. The van der Waals surface area contributed by atoms with Gasteiger partial charge in [0.1, 0.15) is 5.78 Å². The summed E-state index contributed by atoms with van der Waals surface area (Å²) < 4.78 is 0. The van der Waals surface area contributed by atoms with Crippen LogP contribution in [-0.4, -0.2) is 10.7 Å². The van der Waals surface area contributed by atoms with Crippen LogP contribution in [0.15, 0.2) is 18.2 Å². The molecular weight excluding hydrogens is 230 g/mol. The number of halogens is 1. The van der Waals surface area contributed by atoms with Crippen LogP contribution in [-0.2, 0) is 11.2 Å². The summed E-state index contributed by atoms with van der Waals surface area (Å²) in [4.78, 5) is 21.4. The Labute approximate surface area is 98.4 Å². The van der Waals surface area contributed by atoms with E-state index in [2.05, 4.69) is 0 Å². The van der Waals surface area contributed by atoms with Gasteiger partial charge in [0.15, 0.2) is 0 Å². The fourth-order valence-electron chi connectivity index (χ4n) is 1.41. The van der Waals surface area contributed by atoms with Gasteiger partial charge in [-0.15, -0.1) is 0 Å².